The molecule has 1 aliphatic heterocycles. The van der Waals surface area contributed by atoms with E-state index < -0.39 is 0 Å². The van der Waals surface area contributed by atoms with Crippen LogP contribution in [0.15, 0.2) is 0 Å². The van der Waals surface area contributed by atoms with Crippen molar-refractivity contribution in [3.63, 3.8) is 0 Å². The normalized spacial score (nSPS) is 15.3. The Bertz CT molecular complexity index is 248. The number of urea groups is 1. The minimum absolute atomic E-state index is 0.0169. The molecule has 5 heteroatoms. The Balaban J connectivity index is 2.10. The number of hydrogen-bond acceptors (Lipinski definition) is 2. The van der Waals surface area contributed by atoms with Gasteiger partial charge in [-0.3, -0.25) is 4.79 Å². The van der Waals surface area contributed by atoms with Gasteiger partial charge in [-0.15, -0.1) is 0 Å². The summed E-state index contributed by atoms with van der Waals surface area (Å²) in [5.41, 5.74) is 0. The van der Waals surface area contributed by atoms with E-state index in [4.69, 9.17) is 0 Å². The van der Waals surface area contributed by atoms with E-state index >= 15 is 0 Å². The van der Waals surface area contributed by atoms with Crippen molar-refractivity contribution in [3.8, 4) is 0 Å². The molecule has 1 rings (SSSR count). The van der Waals surface area contributed by atoms with Gasteiger partial charge in [-0.25, -0.2) is 4.79 Å². The molecular weight excluding hydrogens is 206 g/mol. The fraction of sp³-hybridized carbons (Fsp3) is 0.818. The number of amides is 3. The fourth-order valence-electron chi connectivity index (χ4n) is 1.71. The highest BCUT2D eigenvalue weighted by Crippen LogP contribution is 2.06. The molecule has 92 valence electrons. The first-order chi connectivity index (χ1) is 7.59. The molecule has 0 spiro atoms. The molecule has 0 unspecified atom stereocenters. The Kier molecular flexibility index (Phi) is 5.08. The standard InChI is InChI=1S/C11H21N3O2/c1-9(2)13-10(15)5-6-12-11(16)14-7-3-4-8-14/h9H,3-8H2,1-2H3,(H,12,16)(H,13,15). The molecule has 1 saturated heterocycles. The highest BCUT2D eigenvalue weighted by atomic mass is 16.2. The van der Waals surface area contributed by atoms with E-state index in [1.807, 2.05) is 13.8 Å². The number of carbonyl (C=O) groups excluding carboxylic acids is 2. The van der Waals surface area contributed by atoms with Crippen molar-refractivity contribution in [2.75, 3.05) is 19.6 Å². The molecule has 0 radical (unpaired) electrons. The summed E-state index contributed by atoms with van der Waals surface area (Å²) in [5.74, 6) is -0.0169. The van der Waals surface area contributed by atoms with Crippen molar-refractivity contribution in [1.82, 2.24) is 15.5 Å². The fourth-order valence-corrected chi connectivity index (χ4v) is 1.71. The maximum absolute atomic E-state index is 11.5. The maximum Gasteiger partial charge on any atom is 0.317 e. The van der Waals surface area contributed by atoms with Crippen LogP contribution in [0.5, 0.6) is 0 Å². The molecule has 0 bridgehead atoms. The van der Waals surface area contributed by atoms with E-state index in [2.05, 4.69) is 10.6 Å². The Morgan fingerprint density at radius 1 is 1.25 bits per heavy atom. The first kappa shape index (κ1) is 12.8. The summed E-state index contributed by atoms with van der Waals surface area (Å²) in [6.45, 7) is 5.92. The summed E-state index contributed by atoms with van der Waals surface area (Å²) in [5, 5.41) is 5.54. The van der Waals surface area contributed by atoms with Gasteiger partial charge < -0.3 is 15.5 Å². The first-order valence-corrected chi connectivity index (χ1v) is 5.91. The summed E-state index contributed by atoms with van der Waals surface area (Å²) in [7, 11) is 0. The third-order valence-electron chi connectivity index (χ3n) is 2.47. The van der Waals surface area contributed by atoms with Gasteiger partial charge in [-0.1, -0.05) is 0 Å². The lowest BCUT2D eigenvalue weighted by Crippen LogP contribution is -2.40. The number of hydrogen-bond donors (Lipinski definition) is 2. The van der Waals surface area contributed by atoms with Gasteiger partial charge in [-0.2, -0.15) is 0 Å². The van der Waals surface area contributed by atoms with Gasteiger partial charge in [-0.05, 0) is 26.7 Å². The van der Waals surface area contributed by atoms with Crippen molar-refractivity contribution in [3.05, 3.63) is 0 Å². The summed E-state index contributed by atoms with van der Waals surface area (Å²) in [6.07, 6.45) is 2.51. The van der Waals surface area contributed by atoms with Crippen molar-refractivity contribution < 1.29 is 9.59 Å². The van der Waals surface area contributed by atoms with E-state index in [1.165, 1.54) is 0 Å². The van der Waals surface area contributed by atoms with Crippen LogP contribution in [-0.4, -0.2) is 42.5 Å². The Hall–Kier alpha value is -1.26. The molecule has 0 aromatic heterocycles. The van der Waals surface area contributed by atoms with Crippen LogP contribution in [0.1, 0.15) is 33.1 Å². The topological polar surface area (TPSA) is 61.4 Å². The summed E-state index contributed by atoms with van der Waals surface area (Å²) < 4.78 is 0. The molecule has 0 saturated carbocycles. The molecule has 0 aliphatic carbocycles. The van der Waals surface area contributed by atoms with Gasteiger partial charge in [0, 0.05) is 32.1 Å². The van der Waals surface area contributed by atoms with Gasteiger partial charge in [0.05, 0.1) is 0 Å². The van der Waals surface area contributed by atoms with Crippen LogP contribution in [0, 0.1) is 0 Å². The summed E-state index contributed by atoms with van der Waals surface area (Å²) in [4.78, 5) is 24.6. The molecule has 1 aliphatic rings. The second-order valence-corrected chi connectivity index (χ2v) is 4.40. The minimum Gasteiger partial charge on any atom is -0.354 e. The van der Waals surface area contributed by atoms with Gasteiger partial charge >= 0.3 is 6.03 Å². The van der Waals surface area contributed by atoms with E-state index in [-0.39, 0.29) is 18.0 Å². The van der Waals surface area contributed by atoms with E-state index in [1.54, 1.807) is 4.90 Å². The Morgan fingerprint density at radius 3 is 2.44 bits per heavy atom. The summed E-state index contributed by atoms with van der Waals surface area (Å²) in [6, 6.07) is 0.108. The molecule has 0 atom stereocenters. The zero-order chi connectivity index (χ0) is 12.0. The lowest BCUT2D eigenvalue weighted by molar-refractivity contribution is -0.121. The zero-order valence-electron chi connectivity index (χ0n) is 10.1. The van der Waals surface area contributed by atoms with Gasteiger partial charge in [0.2, 0.25) is 5.91 Å². The molecule has 2 N–H and O–H groups in total. The molecule has 3 amide bonds. The van der Waals surface area contributed by atoms with Crippen molar-refractivity contribution in [2.24, 2.45) is 0 Å². The van der Waals surface area contributed by atoms with Crippen LogP contribution in [0.4, 0.5) is 4.79 Å². The number of rotatable bonds is 4. The van der Waals surface area contributed by atoms with Gasteiger partial charge in [0.15, 0.2) is 0 Å². The molecule has 1 heterocycles. The SMILES string of the molecule is CC(C)NC(=O)CCNC(=O)N1CCCC1. The van der Waals surface area contributed by atoms with Gasteiger partial charge in [0.25, 0.3) is 0 Å². The average Bonchev–Trinajstić information content (AvgIpc) is 2.68. The average molecular weight is 227 g/mol. The van der Waals surface area contributed by atoms with Crippen LogP contribution in [0.25, 0.3) is 0 Å². The van der Waals surface area contributed by atoms with Crippen molar-refractivity contribution >= 4 is 11.9 Å². The van der Waals surface area contributed by atoms with Crippen LogP contribution < -0.4 is 10.6 Å². The first-order valence-electron chi connectivity index (χ1n) is 5.91. The third-order valence-corrected chi connectivity index (χ3v) is 2.47. The lowest BCUT2D eigenvalue weighted by Gasteiger charge is -2.16. The number of nitrogens with one attached hydrogen (secondary N) is 2. The smallest absolute Gasteiger partial charge is 0.317 e. The second kappa shape index (κ2) is 6.35. The van der Waals surface area contributed by atoms with Crippen LogP contribution >= 0.6 is 0 Å². The quantitative estimate of drug-likeness (QED) is 0.743. The molecule has 0 aromatic carbocycles. The predicted molar refractivity (Wildman–Crippen MR) is 62.1 cm³/mol. The summed E-state index contributed by atoms with van der Waals surface area (Å²) >= 11 is 0. The van der Waals surface area contributed by atoms with E-state index in [0.29, 0.717) is 13.0 Å². The molecule has 1 fully saturated rings. The predicted octanol–water partition coefficient (Wildman–Crippen LogP) is 0.706. The Labute approximate surface area is 96.6 Å². The Morgan fingerprint density at radius 2 is 1.88 bits per heavy atom. The highest BCUT2D eigenvalue weighted by molar-refractivity contribution is 5.78. The minimum atomic E-state index is -0.0464. The molecule has 0 aromatic rings. The number of carbonyl (C=O) groups is 2. The van der Waals surface area contributed by atoms with Crippen LogP contribution in [0.3, 0.4) is 0 Å². The molecule has 16 heavy (non-hydrogen) atoms. The largest absolute Gasteiger partial charge is 0.354 e. The van der Waals surface area contributed by atoms with Crippen LogP contribution in [-0.2, 0) is 4.79 Å². The molecular formula is C11H21N3O2. The van der Waals surface area contributed by atoms with Crippen molar-refractivity contribution in [1.29, 1.82) is 0 Å². The third kappa shape index (κ3) is 4.51. The maximum atomic E-state index is 11.5. The lowest BCUT2D eigenvalue weighted by atomic mass is 10.3. The van der Waals surface area contributed by atoms with E-state index in [0.717, 1.165) is 25.9 Å². The van der Waals surface area contributed by atoms with Gasteiger partial charge in [0.1, 0.15) is 0 Å². The monoisotopic (exact) mass is 227 g/mol. The van der Waals surface area contributed by atoms with Crippen molar-refractivity contribution in [2.45, 2.75) is 39.2 Å². The number of nitrogens with zero attached hydrogens (tertiary/aromatic N) is 1. The number of likely N-dealkylation sites (tertiary alicyclic amines) is 1. The second-order valence-electron chi connectivity index (χ2n) is 4.40. The molecule has 5 nitrogen and oxygen atoms in total. The van der Waals surface area contributed by atoms with Crippen LogP contribution in [0.2, 0.25) is 0 Å². The van der Waals surface area contributed by atoms with E-state index in [9.17, 15) is 9.59 Å². The highest BCUT2D eigenvalue weighted by Gasteiger charge is 2.17. The zero-order valence-corrected chi connectivity index (χ0v) is 10.1.